The second kappa shape index (κ2) is 8.76. The van der Waals surface area contributed by atoms with Crippen LogP contribution >= 0.6 is 0 Å². The first-order chi connectivity index (χ1) is 10.4. The number of methoxy groups -OCH3 is 1. The Morgan fingerprint density at radius 2 is 1.95 bits per heavy atom. The molecule has 22 heavy (non-hydrogen) atoms. The number of carbonyl (C=O) groups is 1. The van der Waals surface area contributed by atoms with Crippen molar-refractivity contribution in [3.05, 3.63) is 23.8 Å². The fourth-order valence-electron chi connectivity index (χ4n) is 2.01. The predicted octanol–water partition coefficient (Wildman–Crippen LogP) is 3.11. The molecule has 1 aromatic carbocycles. The minimum absolute atomic E-state index is 0.188. The monoisotopic (exact) mass is 310 g/mol. The molecule has 0 aliphatic carbocycles. The quantitative estimate of drug-likeness (QED) is 0.590. The summed E-state index contributed by atoms with van der Waals surface area (Å²) in [7, 11) is 1.56. The van der Waals surface area contributed by atoms with E-state index in [4.69, 9.17) is 14.2 Å². The van der Waals surface area contributed by atoms with E-state index in [9.17, 15) is 9.90 Å². The van der Waals surface area contributed by atoms with E-state index < -0.39 is 12.2 Å². The zero-order valence-corrected chi connectivity index (χ0v) is 14.0. The molecule has 0 fully saturated rings. The van der Waals surface area contributed by atoms with Crippen molar-refractivity contribution in [3.63, 3.8) is 0 Å². The van der Waals surface area contributed by atoms with Gasteiger partial charge in [-0.05, 0) is 38.5 Å². The van der Waals surface area contributed by atoms with Crippen LogP contribution in [0.4, 0.5) is 0 Å². The van der Waals surface area contributed by atoms with E-state index in [1.54, 1.807) is 32.2 Å². The summed E-state index contributed by atoms with van der Waals surface area (Å²) in [5, 5.41) is 9.97. The summed E-state index contributed by atoms with van der Waals surface area (Å²) in [5.74, 6) is 0.524. The SMILES string of the molecule is CCOC(c1cc(OC)ccc1OC(=O)C(C)CC)C(C)O. The molecule has 5 nitrogen and oxygen atoms in total. The molecule has 0 aliphatic rings. The lowest BCUT2D eigenvalue weighted by molar-refractivity contribution is -0.138. The van der Waals surface area contributed by atoms with Crippen LogP contribution in [0.15, 0.2) is 18.2 Å². The number of aliphatic hydroxyl groups is 1. The summed E-state index contributed by atoms with van der Waals surface area (Å²) in [6, 6.07) is 5.11. The molecule has 0 heterocycles. The van der Waals surface area contributed by atoms with Gasteiger partial charge in [-0.2, -0.15) is 0 Å². The van der Waals surface area contributed by atoms with Crippen LogP contribution in [0.1, 0.15) is 45.8 Å². The maximum absolute atomic E-state index is 12.0. The lowest BCUT2D eigenvalue weighted by Gasteiger charge is -2.23. The molecule has 5 heteroatoms. The predicted molar refractivity (Wildman–Crippen MR) is 84.1 cm³/mol. The van der Waals surface area contributed by atoms with Gasteiger partial charge < -0.3 is 19.3 Å². The average Bonchev–Trinajstić information content (AvgIpc) is 2.51. The third-order valence-corrected chi connectivity index (χ3v) is 3.53. The summed E-state index contributed by atoms with van der Waals surface area (Å²) < 4.78 is 16.3. The number of rotatable bonds is 8. The average molecular weight is 310 g/mol. The molecule has 1 aromatic rings. The van der Waals surface area contributed by atoms with E-state index in [0.29, 0.717) is 30.1 Å². The van der Waals surface area contributed by atoms with Gasteiger partial charge in [0.2, 0.25) is 0 Å². The van der Waals surface area contributed by atoms with Gasteiger partial charge in [-0.15, -0.1) is 0 Å². The molecule has 0 saturated heterocycles. The summed E-state index contributed by atoms with van der Waals surface area (Å²) in [5.41, 5.74) is 0.604. The van der Waals surface area contributed by atoms with Crippen LogP contribution in [0.2, 0.25) is 0 Å². The van der Waals surface area contributed by atoms with Gasteiger partial charge >= 0.3 is 5.97 Å². The summed E-state index contributed by atoms with van der Waals surface area (Å²) in [4.78, 5) is 12.0. The number of aliphatic hydroxyl groups excluding tert-OH is 1. The smallest absolute Gasteiger partial charge is 0.314 e. The molecule has 1 rings (SSSR count). The van der Waals surface area contributed by atoms with E-state index >= 15 is 0 Å². The molecule has 0 aliphatic heterocycles. The zero-order chi connectivity index (χ0) is 16.7. The molecule has 0 spiro atoms. The Kier molecular flexibility index (Phi) is 7.35. The molecule has 124 valence electrons. The van der Waals surface area contributed by atoms with Crippen molar-refractivity contribution in [1.82, 2.24) is 0 Å². The highest BCUT2D eigenvalue weighted by atomic mass is 16.5. The molecule has 3 atom stereocenters. The first-order valence-electron chi connectivity index (χ1n) is 7.63. The number of carbonyl (C=O) groups excluding carboxylic acids is 1. The number of esters is 1. The maximum atomic E-state index is 12.0. The highest BCUT2D eigenvalue weighted by Gasteiger charge is 2.24. The lowest BCUT2D eigenvalue weighted by Crippen LogP contribution is -2.22. The van der Waals surface area contributed by atoms with Crippen molar-refractivity contribution < 1.29 is 24.1 Å². The topological polar surface area (TPSA) is 65.0 Å². The first kappa shape index (κ1) is 18.5. The van der Waals surface area contributed by atoms with Gasteiger partial charge in [0.1, 0.15) is 17.6 Å². The third-order valence-electron chi connectivity index (χ3n) is 3.53. The van der Waals surface area contributed by atoms with Gasteiger partial charge in [-0.3, -0.25) is 4.79 Å². The maximum Gasteiger partial charge on any atom is 0.314 e. The Morgan fingerprint density at radius 3 is 2.45 bits per heavy atom. The molecule has 0 aromatic heterocycles. The van der Waals surface area contributed by atoms with Crippen molar-refractivity contribution in [1.29, 1.82) is 0 Å². The van der Waals surface area contributed by atoms with Crippen LogP contribution in [-0.4, -0.2) is 30.9 Å². The molecular weight excluding hydrogens is 284 g/mol. The minimum Gasteiger partial charge on any atom is -0.497 e. The molecule has 0 radical (unpaired) electrons. The number of hydrogen-bond acceptors (Lipinski definition) is 5. The van der Waals surface area contributed by atoms with Crippen LogP contribution in [0.3, 0.4) is 0 Å². The largest absolute Gasteiger partial charge is 0.497 e. The van der Waals surface area contributed by atoms with Crippen molar-refractivity contribution in [2.75, 3.05) is 13.7 Å². The Morgan fingerprint density at radius 1 is 1.27 bits per heavy atom. The van der Waals surface area contributed by atoms with Gasteiger partial charge in [0.05, 0.1) is 19.1 Å². The normalized spacial score (nSPS) is 15.0. The molecule has 0 saturated carbocycles. The third kappa shape index (κ3) is 4.71. The van der Waals surface area contributed by atoms with Crippen LogP contribution < -0.4 is 9.47 Å². The molecular formula is C17H26O5. The number of ether oxygens (including phenoxy) is 3. The highest BCUT2D eigenvalue weighted by Crippen LogP contribution is 2.34. The second-order valence-corrected chi connectivity index (χ2v) is 5.25. The van der Waals surface area contributed by atoms with Crippen molar-refractivity contribution in [2.45, 2.75) is 46.3 Å². The molecule has 1 N–H and O–H groups in total. The van der Waals surface area contributed by atoms with Crippen LogP contribution in [-0.2, 0) is 9.53 Å². The van der Waals surface area contributed by atoms with Crippen LogP contribution in [0, 0.1) is 5.92 Å². The summed E-state index contributed by atoms with van der Waals surface area (Å²) in [6.07, 6.45) is -0.622. The van der Waals surface area contributed by atoms with Gasteiger partial charge in [-0.25, -0.2) is 0 Å². The van der Waals surface area contributed by atoms with Crippen LogP contribution in [0.25, 0.3) is 0 Å². The fraction of sp³-hybridized carbons (Fsp3) is 0.588. The van der Waals surface area contributed by atoms with Crippen LogP contribution in [0.5, 0.6) is 11.5 Å². The molecule has 3 unspecified atom stereocenters. The van der Waals surface area contributed by atoms with Crippen molar-refractivity contribution >= 4 is 5.97 Å². The Bertz CT molecular complexity index is 484. The van der Waals surface area contributed by atoms with Crippen molar-refractivity contribution in [3.8, 4) is 11.5 Å². The summed E-state index contributed by atoms with van der Waals surface area (Å²) >= 11 is 0. The van der Waals surface area contributed by atoms with Gasteiger partial charge in [-0.1, -0.05) is 13.8 Å². The van der Waals surface area contributed by atoms with Gasteiger partial charge in [0.15, 0.2) is 0 Å². The highest BCUT2D eigenvalue weighted by molar-refractivity contribution is 5.75. The minimum atomic E-state index is -0.742. The van der Waals surface area contributed by atoms with Gasteiger partial charge in [0.25, 0.3) is 0 Å². The van der Waals surface area contributed by atoms with E-state index in [0.717, 1.165) is 0 Å². The standard InChI is InChI=1S/C17H26O5/c1-6-11(3)17(19)22-15-9-8-13(20-5)10-14(15)16(12(4)18)21-7-2/h8-12,16,18H,6-7H2,1-5H3. The fourth-order valence-corrected chi connectivity index (χ4v) is 2.01. The number of benzene rings is 1. The van der Waals surface area contributed by atoms with E-state index in [2.05, 4.69) is 0 Å². The Labute approximate surface area is 132 Å². The summed E-state index contributed by atoms with van der Waals surface area (Å²) in [6.45, 7) is 7.67. The van der Waals surface area contributed by atoms with Crippen molar-refractivity contribution in [2.24, 2.45) is 5.92 Å². The molecule has 0 amide bonds. The zero-order valence-electron chi connectivity index (χ0n) is 14.0. The van der Waals surface area contributed by atoms with E-state index in [-0.39, 0.29) is 11.9 Å². The Hall–Kier alpha value is -1.59. The van der Waals surface area contributed by atoms with Gasteiger partial charge in [0, 0.05) is 12.2 Å². The first-order valence-corrected chi connectivity index (χ1v) is 7.63. The lowest BCUT2D eigenvalue weighted by atomic mass is 10.0. The second-order valence-electron chi connectivity index (χ2n) is 5.25. The van der Waals surface area contributed by atoms with E-state index in [1.165, 1.54) is 0 Å². The molecule has 0 bridgehead atoms. The Balaban J connectivity index is 3.17. The van der Waals surface area contributed by atoms with E-state index in [1.807, 2.05) is 20.8 Å². The number of hydrogen-bond donors (Lipinski definition) is 1.